The fraction of sp³-hybridized carbons (Fsp3) is 0.500. The normalized spacial score (nSPS) is 12.7. The minimum atomic E-state index is 0.233. The van der Waals surface area contributed by atoms with Gasteiger partial charge in [-0.25, -0.2) is 0 Å². The van der Waals surface area contributed by atoms with E-state index in [-0.39, 0.29) is 12.5 Å². The number of halogens is 1. The van der Waals surface area contributed by atoms with Crippen LogP contribution in [-0.2, 0) is 0 Å². The molecule has 0 spiro atoms. The molecule has 3 heteroatoms. The van der Waals surface area contributed by atoms with Crippen molar-refractivity contribution in [3.05, 3.63) is 34.3 Å². The summed E-state index contributed by atoms with van der Waals surface area (Å²) >= 11 is 5.39. The first-order valence-corrected chi connectivity index (χ1v) is 7.32. The van der Waals surface area contributed by atoms with Crippen LogP contribution in [0.25, 0.3) is 0 Å². The van der Waals surface area contributed by atoms with Crippen molar-refractivity contribution in [1.82, 2.24) is 0 Å². The number of aliphatic hydroxyl groups excluding tert-OH is 1. The highest BCUT2D eigenvalue weighted by Crippen LogP contribution is 2.28. The van der Waals surface area contributed by atoms with Gasteiger partial charge in [-0.2, -0.15) is 11.8 Å². The van der Waals surface area contributed by atoms with Crippen LogP contribution < -0.4 is 0 Å². The maximum Gasteiger partial charge on any atom is 0.0500 e. The van der Waals surface area contributed by atoms with E-state index < -0.39 is 0 Å². The van der Waals surface area contributed by atoms with Gasteiger partial charge in [-0.15, -0.1) is 0 Å². The van der Waals surface area contributed by atoms with E-state index in [9.17, 15) is 5.11 Å². The molecule has 0 aliphatic rings. The molecule has 15 heavy (non-hydrogen) atoms. The smallest absolute Gasteiger partial charge is 0.0500 e. The van der Waals surface area contributed by atoms with Crippen LogP contribution >= 0.6 is 27.7 Å². The summed E-state index contributed by atoms with van der Waals surface area (Å²) in [6.45, 7) is 0.233. The summed E-state index contributed by atoms with van der Waals surface area (Å²) in [4.78, 5) is 0. The van der Waals surface area contributed by atoms with Crippen LogP contribution in [-0.4, -0.2) is 23.7 Å². The summed E-state index contributed by atoms with van der Waals surface area (Å²) in [7, 11) is 0. The Bertz CT molecular complexity index is 291. The highest BCUT2D eigenvalue weighted by atomic mass is 79.9. The first-order chi connectivity index (χ1) is 7.29. The topological polar surface area (TPSA) is 20.2 Å². The summed E-state index contributed by atoms with van der Waals surface area (Å²) in [5.41, 5.74) is 1.22. The summed E-state index contributed by atoms with van der Waals surface area (Å²) in [5, 5.41) is 9.38. The zero-order valence-electron chi connectivity index (χ0n) is 8.95. The molecule has 0 heterocycles. The van der Waals surface area contributed by atoms with Gasteiger partial charge in [-0.05, 0) is 36.5 Å². The first kappa shape index (κ1) is 13.1. The van der Waals surface area contributed by atoms with Gasteiger partial charge >= 0.3 is 0 Å². The molecule has 0 fully saturated rings. The van der Waals surface area contributed by atoms with Crippen molar-refractivity contribution in [3.8, 4) is 0 Å². The van der Waals surface area contributed by atoms with Gasteiger partial charge in [0.25, 0.3) is 0 Å². The molecule has 1 rings (SSSR count). The largest absolute Gasteiger partial charge is 0.396 e. The quantitative estimate of drug-likeness (QED) is 0.806. The Morgan fingerprint density at radius 1 is 1.40 bits per heavy atom. The average Bonchev–Trinajstić information content (AvgIpc) is 2.26. The lowest BCUT2D eigenvalue weighted by molar-refractivity contribution is 0.258. The predicted molar refractivity (Wildman–Crippen MR) is 71.6 cm³/mol. The standard InChI is InChI=1S/C12H17BrOS/c1-15-8-4-5-10(9-14)11-6-2-3-7-12(11)13/h2-3,6-7,10,14H,4-5,8-9H2,1H3. The van der Waals surface area contributed by atoms with Gasteiger partial charge in [0.05, 0.1) is 0 Å². The van der Waals surface area contributed by atoms with Crippen molar-refractivity contribution in [3.63, 3.8) is 0 Å². The molecule has 1 unspecified atom stereocenters. The predicted octanol–water partition coefficient (Wildman–Crippen LogP) is 3.67. The molecule has 0 saturated heterocycles. The van der Waals surface area contributed by atoms with Crippen molar-refractivity contribution >= 4 is 27.7 Å². The van der Waals surface area contributed by atoms with E-state index in [2.05, 4.69) is 28.3 Å². The summed E-state index contributed by atoms with van der Waals surface area (Å²) in [6, 6.07) is 8.15. The number of rotatable bonds is 6. The number of hydrogen-bond donors (Lipinski definition) is 1. The zero-order valence-corrected chi connectivity index (χ0v) is 11.4. The molecule has 84 valence electrons. The minimum absolute atomic E-state index is 0.233. The Labute approximate surface area is 104 Å². The molecular weight excluding hydrogens is 272 g/mol. The van der Waals surface area contributed by atoms with E-state index in [1.807, 2.05) is 30.0 Å². The molecule has 0 amide bonds. The molecule has 0 saturated carbocycles. The molecule has 0 bridgehead atoms. The molecule has 1 aromatic carbocycles. The summed E-state index contributed by atoms with van der Waals surface area (Å²) in [5.74, 6) is 1.44. The maximum atomic E-state index is 9.38. The van der Waals surface area contributed by atoms with Gasteiger partial charge in [0.15, 0.2) is 0 Å². The van der Waals surface area contributed by atoms with Crippen LogP contribution in [0, 0.1) is 0 Å². The number of hydrogen-bond acceptors (Lipinski definition) is 2. The Morgan fingerprint density at radius 3 is 2.73 bits per heavy atom. The van der Waals surface area contributed by atoms with Crippen LogP contribution in [0.1, 0.15) is 24.3 Å². The first-order valence-electron chi connectivity index (χ1n) is 5.13. The Balaban J connectivity index is 2.61. The maximum absolute atomic E-state index is 9.38. The van der Waals surface area contributed by atoms with E-state index in [1.54, 1.807) is 0 Å². The zero-order chi connectivity index (χ0) is 11.1. The second kappa shape index (κ2) is 7.31. The van der Waals surface area contributed by atoms with Gasteiger partial charge in [-0.3, -0.25) is 0 Å². The van der Waals surface area contributed by atoms with Crippen molar-refractivity contribution in [1.29, 1.82) is 0 Å². The third kappa shape index (κ3) is 4.17. The van der Waals surface area contributed by atoms with E-state index in [0.29, 0.717) is 0 Å². The third-order valence-corrected chi connectivity index (χ3v) is 3.89. The van der Waals surface area contributed by atoms with Gasteiger partial charge in [0, 0.05) is 17.0 Å². The summed E-state index contributed by atoms with van der Waals surface area (Å²) in [6.07, 6.45) is 4.33. The Kier molecular flexibility index (Phi) is 6.37. The lowest BCUT2D eigenvalue weighted by atomic mass is 9.95. The highest BCUT2D eigenvalue weighted by Gasteiger charge is 2.12. The number of benzene rings is 1. The van der Waals surface area contributed by atoms with E-state index in [0.717, 1.165) is 17.3 Å². The molecule has 1 atom stereocenters. The molecular formula is C12H17BrOS. The molecule has 0 aliphatic carbocycles. The molecule has 0 aromatic heterocycles. The Morgan fingerprint density at radius 2 is 2.13 bits per heavy atom. The van der Waals surface area contributed by atoms with Crippen LogP contribution in [0.15, 0.2) is 28.7 Å². The van der Waals surface area contributed by atoms with Crippen molar-refractivity contribution < 1.29 is 5.11 Å². The van der Waals surface area contributed by atoms with Crippen LogP contribution in [0.2, 0.25) is 0 Å². The second-order valence-electron chi connectivity index (χ2n) is 3.54. The van der Waals surface area contributed by atoms with Gasteiger partial charge < -0.3 is 5.11 Å². The van der Waals surface area contributed by atoms with E-state index >= 15 is 0 Å². The molecule has 1 nitrogen and oxygen atoms in total. The van der Waals surface area contributed by atoms with Crippen LogP contribution in [0.3, 0.4) is 0 Å². The van der Waals surface area contributed by atoms with Crippen molar-refractivity contribution in [2.24, 2.45) is 0 Å². The SMILES string of the molecule is CSCCCC(CO)c1ccccc1Br. The molecule has 0 radical (unpaired) electrons. The molecule has 1 N–H and O–H groups in total. The monoisotopic (exact) mass is 288 g/mol. The fourth-order valence-electron chi connectivity index (χ4n) is 1.63. The minimum Gasteiger partial charge on any atom is -0.396 e. The second-order valence-corrected chi connectivity index (χ2v) is 5.38. The van der Waals surface area contributed by atoms with Gasteiger partial charge in [0.2, 0.25) is 0 Å². The molecule has 1 aromatic rings. The average molecular weight is 289 g/mol. The van der Waals surface area contributed by atoms with E-state index in [4.69, 9.17) is 0 Å². The number of thioether (sulfide) groups is 1. The lowest BCUT2D eigenvalue weighted by Crippen LogP contribution is -2.05. The number of aliphatic hydroxyl groups is 1. The lowest BCUT2D eigenvalue weighted by Gasteiger charge is -2.15. The van der Waals surface area contributed by atoms with Gasteiger partial charge in [0.1, 0.15) is 0 Å². The fourth-order valence-corrected chi connectivity index (χ4v) is 2.69. The van der Waals surface area contributed by atoms with Crippen LogP contribution in [0.4, 0.5) is 0 Å². The van der Waals surface area contributed by atoms with Crippen molar-refractivity contribution in [2.45, 2.75) is 18.8 Å². The van der Waals surface area contributed by atoms with E-state index in [1.165, 1.54) is 11.3 Å². The molecule has 0 aliphatic heterocycles. The van der Waals surface area contributed by atoms with Crippen LogP contribution in [0.5, 0.6) is 0 Å². The van der Waals surface area contributed by atoms with Crippen molar-refractivity contribution in [2.75, 3.05) is 18.6 Å². The summed E-state index contributed by atoms with van der Waals surface area (Å²) < 4.78 is 1.10. The van der Waals surface area contributed by atoms with Gasteiger partial charge in [-0.1, -0.05) is 34.1 Å². The Hall–Kier alpha value is 0.01000. The third-order valence-electron chi connectivity index (χ3n) is 2.47. The highest BCUT2D eigenvalue weighted by molar-refractivity contribution is 9.10.